The lowest BCUT2D eigenvalue weighted by Crippen LogP contribution is -2.51. The van der Waals surface area contributed by atoms with Crippen LogP contribution in [-0.4, -0.2) is 52.8 Å². The Labute approximate surface area is 161 Å². The topological polar surface area (TPSA) is 53.5 Å². The normalized spacial score (nSPS) is 14.5. The summed E-state index contributed by atoms with van der Waals surface area (Å²) in [5, 5.41) is 0. The maximum absolute atomic E-state index is 12.8. The van der Waals surface area contributed by atoms with Crippen LogP contribution in [0.2, 0.25) is 0 Å². The first-order valence-electron chi connectivity index (χ1n) is 9.52. The fourth-order valence-electron chi connectivity index (χ4n) is 3.35. The van der Waals surface area contributed by atoms with Gasteiger partial charge in [0.2, 0.25) is 5.91 Å². The first-order valence-corrected chi connectivity index (χ1v) is 9.52. The molecule has 0 aliphatic carbocycles. The third-order valence-corrected chi connectivity index (χ3v) is 5.23. The molecule has 0 N–H and O–H groups in total. The third kappa shape index (κ3) is 4.54. The van der Waals surface area contributed by atoms with Gasteiger partial charge in [0.15, 0.2) is 0 Å². The standard InChI is InChI=1S/C22H27N3O2/c1-16(2)19-5-4-17(3)20(14-19)15-21(26)24-10-12-25(13-11-24)22(27)18-6-8-23-9-7-18/h4-9,14,16H,10-13,15H2,1-3H3. The molecule has 0 atom stereocenters. The Kier molecular flexibility index (Phi) is 5.89. The summed E-state index contributed by atoms with van der Waals surface area (Å²) in [4.78, 5) is 32.9. The summed E-state index contributed by atoms with van der Waals surface area (Å²) in [7, 11) is 0. The monoisotopic (exact) mass is 365 g/mol. The quantitative estimate of drug-likeness (QED) is 0.837. The van der Waals surface area contributed by atoms with Crippen LogP contribution in [0.5, 0.6) is 0 Å². The van der Waals surface area contributed by atoms with E-state index in [-0.39, 0.29) is 11.8 Å². The zero-order valence-corrected chi connectivity index (χ0v) is 16.3. The van der Waals surface area contributed by atoms with E-state index >= 15 is 0 Å². The second kappa shape index (κ2) is 8.33. The van der Waals surface area contributed by atoms with Crippen LogP contribution in [0.1, 0.15) is 46.8 Å². The highest BCUT2D eigenvalue weighted by Gasteiger charge is 2.25. The van der Waals surface area contributed by atoms with Gasteiger partial charge in [0.25, 0.3) is 5.91 Å². The van der Waals surface area contributed by atoms with Gasteiger partial charge in [-0.2, -0.15) is 0 Å². The SMILES string of the molecule is Cc1ccc(C(C)C)cc1CC(=O)N1CCN(C(=O)c2ccncc2)CC1. The number of amides is 2. The molecule has 0 spiro atoms. The van der Waals surface area contributed by atoms with E-state index in [9.17, 15) is 9.59 Å². The Morgan fingerprint density at radius 1 is 1.00 bits per heavy atom. The van der Waals surface area contributed by atoms with Gasteiger partial charge in [0, 0.05) is 44.1 Å². The van der Waals surface area contributed by atoms with Crippen LogP contribution in [0.4, 0.5) is 0 Å². The largest absolute Gasteiger partial charge is 0.339 e. The van der Waals surface area contributed by atoms with Gasteiger partial charge in [-0.3, -0.25) is 14.6 Å². The summed E-state index contributed by atoms with van der Waals surface area (Å²) in [6.45, 7) is 8.68. The molecule has 3 rings (SSSR count). The minimum atomic E-state index is 0.00461. The molecule has 2 amide bonds. The van der Waals surface area contributed by atoms with Gasteiger partial charge in [-0.1, -0.05) is 32.0 Å². The maximum atomic E-state index is 12.8. The summed E-state index contributed by atoms with van der Waals surface area (Å²) in [5.41, 5.74) is 4.16. The molecule has 5 heteroatoms. The minimum Gasteiger partial charge on any atom is -0.339 e. The van der Waals surface area contributed by atoms with E-state index in [0.717, 1.165) is 11.1 Å². The molecule has 5 nitrogen and oxygen atoms in total. The van der Waals surface area contributed by atoms with Gasteiger partial charge < -0.3 is 9.80 Å². The summed E-state index contributed by atoms with van der Waals surface area (Å²) in [6, 6.07) is 9.84. The lowest BCUT2D eigenvalue weighted by Gasteiger charge is -2.35. The Hall–Kier alpha value is -2.69. The molecule has 2 heterocycles. The van der Waals surface area contributed by atoms with E-state index in [1.54, 1.807) is 24.5 Å². The fraction of sp³-hybridized carbons (Fsp3) is 0.409. The average Bonchev–Trinajstić information content (AvgIpc) is 2.69. The highest BCUT2D eigenvalue weighted by Crippen LogP contribution is 2.20. The highest BCUT2D eigenvalue weighted by molar-refractivity contribution is 5.94. The zero-order chi connectivity index (χ0) is 19.4. The molecule has 2 aromatic rings. The van der Waals surface area contributed by atoms with Crippen molar-refractivity contribution in [1.82, 2.24) is 14.8 Å². The Morgan fingerprint density at radius 3 is 2.26 bits per heavy atom. The van der Waals surface area contributed by atoms with Gasteiger partial charge in [-0.25, -0.2) is 0 Å². The van der Waals surface area contributed by atoms with Crippen molar-refractivity contribution in [2.24, 2.45) is 0 Å². The number of aromatic nitrogens is 1. The van der Waals surface area contributed by atoms with E-state index in [1.165, 1.54) is 5.56 Å². The number of carbonyl (C=O) groups excluding carboxylic acids is 2. The number of carbonyl (C=O) groups is 2. The van der Waals surface area contributed by atoms with Crippen LogP contribution in [0.25, 0.3) is 0 Å². The van der Waals surface area contributed by atoms with Crippen LogP contribution in [0.15, 0.2) is 42.7 Å². The van der Waals surface area contributed by atoms with E-state index in [2.05, 4.69) is 44.0 Å². The third-order valence-electron chi connectivity index (χ3n) is 5.23. The Morgan fingerprint density at radius 2 is 1.63 bits per heavy atom. The zero-order valence-electron chi connectivity index (χ0n) is 16.3. The summed E-state index contributed by atoms with van der Waals surface area (Å²) >= 11 is 0. The molecule has 142 valence electrons. The minimum absolute atomic E-state index is 0.00461. The second-order valence-electron chi connectivity index (χ2n) is 7.43. The molecule has 0 saturated carbocycles. The molecule has 1 fully saturated rings. The molecule has 1 aromatic carbocycles. The van der Waals surface area contributed by atoms with Crippen LogP contribution in [0, 0.1) is 6.92 Å². The average molecular weight is 365 g/mol. The first kappa shape index (κ1) is 19.1. The van der Waals surface area contributed by atoms with Crippen molar-refractivity contribution in [2.75, 3.05) is 26.2 Å². The summed E-state index contributed by atoms with van der Waals surface area (Å²) < 4.78 is 0. The predicted molar refractivity (Wildman–Crippen MR) is 106 cm³/mol. The van der Waals surface area contributed by atoms with Gasteiger partial charge in [0.05, 0.1) is 6.42 Å². The van der Waals surface area contributed by atoms with Crippen LogP contribution < -0.4 is 0 Å². The Balaban J connectivity index is 1.59. The maximum Gasteiger partial charge on any atom is 0.254 e. The number of aryl methyl sites for hydroxylation is 1. The van der Waals surface area contributed by atoms with Crippen molar-refractivity contribution < 1.29 is 9.59 Å². The number of rotatable bonds is 4. The van der Waals surface area contributed by atoms with Gasteiger partial charge in [-0.05, 0) is 41.7 Å². The van der Waals surface area contributed by atoms with Crippen molar-refractivity contribution in [1.29, 1.82) is 0 Å². The van der Waals surface area contributed by atoms with E-state index < -0.39 is 0 Å². The molecule has 0 radical (unpaired) electrons. The van der Waals surface area contributed by atoms with Crippen molar-refractivity contribution in [2.45, 2.75) is 33.1 Å². The first-order chi connectivity index (χ1) is 13.0. The molecule has 1 aliphatic rings. The highest BCUT2D eigenvalue weighted by atomic mass is 16.2. The molecule has 1 aliphatic heterocycles. The number of piperazine rings is 1. The van der Waals surface area contributed by atoms with E-state index in [0.29, 0.717) is 44.1 Å². The van der Waals surface area contributed by atoms with Crippen molar-refractivity contribution in [3.05, 3.63) is 65.0 Å². The number of hydrogen-bond donors (Lipinski definition) is 0. The van der Waals surface area contributed by atoms with Crippen molar-refractivity contribution >= 4 is 11.8 Å². The number of benzene rings is 1. The lowest BCUT2D eigenvalue weighted by atomic mass is 9.96. The van der Waals surface area contributed by atoms with E-state index in [4.69, 9.17) is 0 Å². The molecular weight excluding hydrogens is 338 g/mol. The molecule has 0 bridgehead atoms. The van der Waals surface area contributed by atoms with Crippen molar-refractivity contribution in [3.63, 3.8) is 0 Å². The van der Waals surface area contributed by atoms with Crippen molar-refractivity contribution in [3.8, 4) is 0 Å². The molecule has 1 saturated heterocycles. The molecule has 27 heavy (non-hydrogen) atoms. The summed E-state index contributed by atoms with van der Waals surface area (Å²) in [5.74, 6) is 0.585. The Bertz CT molecular complexity index is 810. The number of pyridine rings is 1. The predicted octanol–water partition coefficient (Wildman–Crippen LogP) is 3.04. The second-order valence-corrected chi connectivity index (χ2v) is 7.43. The van der Waals surface area contributed by atoms with Gasteiger partial charge in [-0.15, -0.1) is 0 Å². The smallest absolute Gasteiger partial charge is 0.254 e. The van der Waals surface area contributed by atoms with Crippen LogP contribution in [-0.2, 0) is 11.2 Å². The number of hydrogen-bond acceptors (Lipinski definition) is 3. The van der Waals surface area contributed by atoms with E-state index in [1.807, 2.05) is 9.80 Å². The van der Waals surface area contributed by atoms with Gasteiger partial charge >= 0.3 is 0 Å². The van der Waals surface area contributed by atoms with Crippen LogP contribution in [0.3, 0.4) is 0 Å². The van der Waals surface area contributed by atoms with Crippen LogP contribution >= 0.6 is 0 Å². The molecule has 1 aromatic heterocycles. The lowest BCUT2D eigenvalue weighted by molar-refractivity contribution is -0.131. The molecule has 0 unspecified atom stereocenters. The molecular formula is C22H27N3O2. The van der Waals surface area contributed by atoms with Gasteiger partial charge in [0.1, 0.15) is 0 Å². The fourth-order valence-corrected chi connectivity index (χ4v) is 3.35. The number of nitrogens with zero attached hydrogens (tertiary/aromatic N) is 3. The summed E-state index contributed by atoms with van der Waals surface area (Å²) in [6.07, 6.45) is 3.67.